The first-order chi connectivity index (χ1) is 10.1. The summed E-state index contributed by atoms with van der Waals surface area (Å²) in [5, 5.41) is 10.8. The minimum Gasteiger partial charge on any atom is -0.378 e. The monoisotopic (exact) mass is 288 g/mol. The lowest BCUT2D eigenvalue weighted by Crippen LogP contribution is -2.33. The molecule has 0 fully saturated rings. The summed E-state index contributed by atoms with van der Waals surface area (Å²) in [5.41, 5.74) is 2.24. The second-order valence-electron chi connectivity index (χ2n) is 4.98. The van der Waals surface area contributed by atoms with Gasteiger partial charge in [-0.25, -0.2) is 4.68 Å². The Morgan fingerprint density at radius 1 is 1.24 bits per heavy atom. The quantitative estimate of drug-likeness (QED) is 0.786. The van der Waals surface area contributed by atoms with Crippen LogP contribution in [0.1, 0.15) is 12.5 Å². The van der Waals surface area contributed by atoms with Crippen molar-refractivity contribution in [2.45, 2.75) is 20.0 Å². The SMILES string of the molecule is CCN(Cc1ccc(N(C)C)cc1)C(=O)Cn1cnnn1. The largest absolute Gasteiger partial charge is 0.378 e. The van der Waals surface area contributed by atoms with Crippen molar-refractivity contribution >= 4 is 11.6 Å². The molecule has 2 aromatic rings. The minimum atomic E-state index is 0.00138. The number of carbonyl (C=O) groups is 1. The second-order valence-corrected chi connectivity index (χ2v) is 4.98. The van der Waals surface area contributed by atoms with Crippen molar-refractivity contribution in [2.24, 2.45) is 0 Å². The predicted molar refractivity (Wildman–Crippen MR) is 79.7 cm³/mol. The van der Waals surface area contributed by atoms with E-state index in [1.807, 2.05) is 38.1 Å². The number of hydrogen-bond acceptors (Lipinski definition) is 5. The van der Waals surface area contributed by atoms with Crippen LogP contribution in [0.5, 0.6) is 0 Å². The molecular weight excluding hydrogens is 268 g/mol. The molecule has 1 aromatic heterocycles. The number of amides is 1. The third-order valence-electron chi connectivity index (χ3n) is 3.25. The Morgan fingerprint density at radius 2 is 1.95 bits per heavy atom. The zero-order valence-corrected chi connectivity index (χ0v) is 12.6. The fraction of sp³-hybridized carbons (Fsp3) is 0.429. The first kappa shape index (κ1) is 15.0. The molecule has 1 amide bonds. The van der Waals surface area contributed by atoms with Crippen molar-refractivity contribution in [1.82, 2.24) is 25.1 Å². The van der Waals surface area contributed by atoms with Crippen molar-refractivity contribution in [3.63, 3.8) is 0 Å². The number of nitrogens with zero attached hydrogens (tertiary/aromatic N) is 6. The molecule has 0 atom stereocenters. The van der Waals surface area contributed by atoms with Gasteiger partial charge in [-0.1, -0.05) is 12.1 Å². The summed E-state index contributed by atoms with van der Waals surface area (Å²) in [6.07, 6.45) is 1.44. The van der Waals surface area contributed by atoms with Crippen LogP contribution in [0.15, 0.2) is 30.6 Å². The molecule has 1 heterocycles. The Bertz CT molecular complexity index is 564. The first-order valence-corrected chi connectivity index (χ1v) is 6.85. The highest BCUT2D eigenvalue weighted by molar-refractivity contribution is 5.75. The van der Waals surface area contributed by atoms with Gasteiger partial charge in [0.1, 0.15) is 12.9 Å². The van der Waals surface area contributed by atoms with Crippen LogP contribution in [-0.4, -0.2) is 51.7 Å². The standard InChI is InChI=1S/C14H20N6O/c1-4-19(14(21)10-20-11-15-16-17-20)9-12-5-7-13(8-6-12)18(2)3/h5-8,11H,4,9-10H2,1-3H3. The summed E-state index contributed by atoms with van der Waals surface area (Å²) >= 11 is 0. The fourth-order valence-electron chi connectivity index (χ4n) is 1.99. The molecule has 7 heteroatoms. The maximum atomic E-state index is 12.2. The lowest BCUT2D eigenvalue weighted by Gasteiger charge is -2.21. The van der Waals surface area contributed by atoms with Gasteiger partial charge in [-0.05, 0) is 35.0 Å². The summed E-state index contributed by atoms with van der Waals surface area (Å²) in [7, 11) is 4.01. The Hall–Kier alpha value is -2.44. The molecular formula is C14H20N6O. The number of carbonyl (C=O) groups excluding carboxylic acids is 1. The molecule has 0 spiro atoms. The van der Waals surface area contributed by atoms with Gasteiger partial charge < -0.3 is 9.80 Å². The van der Waals surface area contributed by atoms with Crippen molar-refractivity contribution in [3.05, 3.63) is 36.2 Å². The van der Waals surface area contributed by atoms with Crippen LogP contribution in [0, 0.1) is 0 Å². The molecule has 0 aliphatic carbocycles. The minimum absolute atomic E-state index is 0.00138. The summed E-state index contributed by atoms with van der Waals surface area (Å²) in [6, 6.07) is 8.19. The average molecular weight is 288 g/mol. The summed E-state index contributed by atoms with van der Waals surface area (Å²) in [6.45, 7) is 3.36. The van der Waals surface area contributed by atoms with Gasteiger partial charge in [0.2, 0.25) is 5.91 Å². The summed E-state index contributed by atoms with van der Waals surface area (Å²) in [4.78, 5) is 16.1. The second kappa shape index (κ2) is 6.83. The molecule has 0 unspecified atom stereocenters. The maximum Gasteiger partial charge on any atom is 0.244 e. The molecule has 0 N–H and O–H groups in total. The molecule has 2 rings (SSSR count). The third-order valence-corrected chi connectivity index (χ3v) is 3.25. The number of benzene rings is 1. The van der Waals surface area contributed by atoms with E-state index in [9.17, 15) is 4.79 Å². The van der Waals surface area contributed by atoms with E-state index in [1.165, 1.54) is 11.0 Å². The smallest absolute Gasteiger partial charge is 0.244 e. The molecule has 0 saturated carbocycles. The highest BCUT2D eigenvalue weighted by Crippen LogP contribution is 2.14. The lowest BCUT2D eigenvalue weighted by atomic mass is 10.2. The van der Waals surface area contributed by atoms with Crippen LogP contribution in [-0.2, 0) is 17.9 Å². The number of aromatic nitrogens is 4. The van der Waals surface area contributed by atoms with E-state index < -0.39 is 0 Å². The molecule has 0 radical (unpaired) electrons. The Labute approximate surface area is 124 Å². The van der Waals surface area contributed by atoms with Gasteiger partial charge in [-0.15, -0.1) is 5.10 Å². The number of tetrazole rings is 1. The molecule has 1 aromatic carbocycles. The van der Waals surface area contributed by atoms with Crippen molar-refractivity contribution < 1.29 is 4.79 Å². The highest BCUT2D eigenvalue weighted by atomic mass is 16.2. The predicted octanol–water partition coefficient (Wildman–Crippen LogP) is 0.788. The van der Waals surface area contributed by atoms with E-state index in [1.54, 1.807) is 4.90 Å². The van der Waals surface area contributed by atoms with E-state index in [-0.39, 0.29) is 12.5 Å². The molecule has 0 bridgehead atoms. The molecule has 0 saturated heterocycles. The van der Waals surface area contributed by atoms with Crippen LogP contribution in [0.3, 0.4) is 0 Å². The van der Waals surface area contributed by atoms with Gasteiger partial charge in [0.05, 0.1) is 0 Å². The van der Waals surface area contributed by atoms with E-state index in [2.05, 4.69) is 27.7 Å². The number of hydrogen-bond donors (Lipinski definition) is 0. The van der Waals surface area contributed by atoms with Gasteiger partial charge in [0.15, 0.2) is 0 Å². The molecule has 7 nitrogen and oxygen atoms in total. The maximum absolute atomic E-state index is 12.2. The number of likely N-dealkylation sites (N-methyl/N-ethyl adjacent to an activating group) is 1. The molecule has 0 aliphatic heterocycles. The van der Waals surface area contributed by atoms with Gasteiger partial charge in [-0.3, -0.25) is 4.79 Å². The third kappa shape index (κ3) is 4.01. The van der Waals surface area contributed by atoms with Crippen molar-refractivity contribution in [3.8, 4) is 0 Å². The highest BCUT2D eigenvalue weighted by Gasteiger charge is 2.13. The van der Waals surface area contributed by atoms with E-state index >= 15 is 0 Å². The lowest BCUT2D eigenvalue weighted by molar-refractivity contribution is -0.132. The molecule has 0 aliphatic rings. The van der Waals surface area contributed by atoms with E-state index in [0.717, 1.165) is 11.3 Å². The first-order valence-electron chi connectivity index (χ1n) is 6.85. The molecule has 21 heavy (non-hydrogen) atoms. The van der Waals surface area contributed by atoms with Gasteiger partial charge >= 0.3 is 0 Å². The van der Waals surface area contributed by atoms with Crippen LogP contribution >= 0.6 is 0 Å². The van der Waals surface area contributed by atoms with Gasteiger partial charge in [0.25, 0.3) is 0 Å². The Morgan fingerprint density at radius 3 is 2.48 bits per heavy atom. The Kier molecular flexibility index (Phi) is 4.86. The van der Waals surface area contributed by atoms with Crippen LogP contribution in [0.25, 0.3) is 0 Å². The van der Waals surface area contributed by atoms with Crippen LogP contribution in [0.2, 0.25) is 0 Å². The van der Waals surface area contributed by atoms with Crippen molar-refractivity contribution in [2.75, 3.05) is 25.5 Å². The summed E-state index contributed by atoms with van der Waals surface area (Å²) < 4.78 is 1.43. The Balaban J connectivity index is 1.99. The topological polar surface area (TPSA) is 67.2 Å². The van der Waals surface area contributed by atoms with Crippen molar-refractivity contribution in [1.29, 1.82) is 0 Å². The molecule has 112 valence electrons. The average Bonchev–Trinajstić information content (AvgIpc) is 2.98. The zero-order valence-electron chi connectivity index (χ0n) is 12.6. The normalized spacial score (nSPS) is 10.4. The van der Waals surface area contributed by atoms with E-state index in [0.29, 0.717) is 13.1 Å². The summed E-state index contributed by atoms with van der Waals surface area (Å²) in [5.74, 6) is 0.00138. The zero-order chi connectivity index (χ0) is 15.2. The number of anilines is 1. The van der Waals surface area contributed by atoms with Gasteiger partial charge in [0, 0.05) is 32.9 Å². The van der Waals surface area contributed by atoms with Gasteiger partial charge in [-0.2, -0.15) is 0 Å². The number of rotatable bonds is 6. The van der Waals surface area contributed by atoms with Crippen LogP contribution in [0.4, 0.5) is 5.69 Å². The van der Waals surface area contributed by atoms with E-state index in [4.69, 9.17) is 0 Å². The van der Waals surface area contributed by atoms with Crippen LogP contribution < -0.4 is 4.90 Å². The fourth-order valence-corrected chi connectivity index (χ4v) is 1.99.